The van der Waals surface area contributed by atoms with E-state index >= 15 is 0 Å². The number of rotatable bonds is 9. The van der Waals surface area contributed by atoms with Crippen LogP contribution in [-0.2, 0) is 13.8 Å². The van der Waals surface area contributed by atoms with Crippen LogP contribution in [-0.4, -0.2) is 38.3 Å². The summed E-state index contributed by atoms with van der Waals surface area (Å²) in [6, 6.07) is 7.26. The van der Waals surface area contributed by atoms with E-state index in [-0.39, 0.29) is 18.9 Å². The largest absolute Gasteiger partial charge is 0.487 e. The van der Waals surface area contributed by atoms with Gasteiger partial charge in [-0.05, 0) is 30.7 Å². The molecule has 1 saturated heterocycles. The third-order valence-corrected chi connectivity index (χ3v) is 6.52. The SMILES string of the molecule is Cc1cn([C@H]2C[C@H](N=[N+]=[N-])[C@@H](COP(=O)(Nc3ccncc3)Oc3ccccn3)O2)c(=O)[nH]c1=O. The standard InChI is InChI=1S/C20H21N8O6P/c1-13-11-28(20(30)24-19(13)29)18-10-15(25-27-21)16(33-18)12-32-35(31,26-14-5-8-22-9-6-14)34-17-4-2-3-7-23-17/h2-9,11,15-16,18H,10,12H2,1H3,(H,22,26,31)(H,24,29,30)/t15-,16+,18+,35?/m0/s1. The number of ether oxygens (including phenoxy) is 1. The summed E-state index contributed by atoms with van der Waals surface area (Å²) in [5, 5.41) is 6.45. The molecule has 0 aromatic carbocycles. The van der Waals surface area contributed by atoms with Crippen LogP contribution in [0, 0.1) is 6.92 Å². The fourth-order valence-electron chi connectivity index (χ4n) is 3.39. The number of aromatic nitrogens is 4. The molecule has 0 amide bonds. The molecule has 4 atom stereocenters. The van der Waals surface area contributed by atoms with Gasteiger partial charge in [0.1, 0.15) is 6.23 Å². The van der Waals surface area contributed by atoms with Gasteiger partial charge in [0.25, 0.3) is 5.56 Å². The highest BCUT2D eigenvalue weighted by Crippen LogP contribution is 2.48. The van der Waals surface area contributed by atoms with Gasteiger partial charge in [-0.15, -0.1) is 0 Å². The number of aryl methyl sites for hydroxylation is 1. The normalized spacial score (nSPS) is 21.0. The molecular weight excluding hydrogens is 479 g/mol. The van der Waals surface area contributed by atoms with Crippen LogP contribution in [0.3, 0.4) is 0 Å². The number of hydrogen-bond acceptors (Lipinski definition) is 9. The van der Waals surface area contributed by atoms with Gasteiger partial charge >= 0.3 is 13.4 Å². The van der Waals surface area contributed by atoms with E-state index in [1.165, 1.54) is 35.4 Å². The van der Waals surface area contributed by atoms with Crippen molar-refractivity contribution in [2.45, 2.75) is 31.7 Å². The van der Waals surface area contributed by atoms with Crippen LogP contribution < -0.4 is 20.9 Å². The Balaban J connectivity index is 1.55. The second-order valence-corrected chi connectivity index (χ2v) is 9.18. The summed E-state index contributed by atoms with van der Waals surface area (Å²) in [5.41, 5.74) is 8.55. The molecule has 15 heteroatoms. The first-order chi connectivity index (χ1) is 16.9. The smallest absolute Gasteiger partial charge is 0.391 e. The lowest BCUT2D eigenvalue weighted by Gasteiger charge is -2.22. The minimum Gasteiger partial charge on any atom is -0.391 e. The van der Waals surface area contributed by atoms with Crippen LogP contribution >= 0.6 is 7.75 Å². The van der Waals surface area contributed by atoms with Crippen LogP contribution in [0.5, 0.6) is 5.88 Å². The third kappa shape index (κ3) is 5.94. The molecule has 0 saturated carbocycles. The van der Waals surface area contributed by atoms with Crippen molar-refractivity contribution in [3.8, 4) is 5.88 Å². The van der Waals surface area contributed by atoms with Crippen molar-refractivity contribution in [3.63, 3.8) is 0 Å². The maximum absolute atomic E-state index is 13.6. The monoisotopic (exact) mass is 500 g/mol. The lowest BCUT2D eigenvalue weighted by molar-refractivity contribution is -0.0235. The highest BCUT2D eigenvalue weighted by Gasteiger charge is 2.39. The molecule has 14 nitrogen and oxygen atoms in total. The average Bonchev–Trinajstić information content (AvgIpc) is 3.24. The molecule has 3 aromatic heterocycles. The minimum atomic E-state index is -4.05. The molecule has 1 unspecified atom stereocenters. The summed E-state index contributed by atoms with van der Waals surface area (Å²) in [7, 11) is -4.05. The average molecular weight is 500 g/mol. The van der Waals surface area contributed by atoms with Gasteiger partial charge in [-0.1, -0.05) is 11.2 Å². The number of pyridine rings is 2. The lowest BCUT2D eigenvalue weighted by atomic mass is 10.1. The number of azide groups is 1. The Hall–Kier alpha value is -3.96. The van der Waals surface area contributed by atoms with Gasteiger partial charge in [-0.25, -0.2) is 14.3 Å². The topological polar surface area (TPSA) is 186 Å². The van der Waals surface area contributed by atoms with Gasteiger partial charge < -0.3 is 9.26 Å². The summed E-state index contributed by atoms with van der Waals surface area (Å²) < 4.78 is 31.9. The molecule has 4 rings (SSSR count). The zero-order chi connectivity index (χ0) is 24.8. The van der Waals surface area contributed by atoms with Gasteiger partial charge in [0.15, 0.2) is 0 Å². The fourth-order valence-corrected chi connectivity index (χ4v) is 4.71. The summed E-state index contributed by atoms with van der Waals surface area (Å²) in [4.78, 5) is 37.0. The van der Waals surface area contributed by atoms with Crippen molar-refractivity contribution in [1.82, 2.24) is 19.5 Å². The number of hydrogen-bond donors (Lipinski definition) is 2. The highest BCUT2D eigenvalue weighted by molar-refractivity contribution is 7.55. The number of aromatic amines is 1. The second-order valence-electron chi connectivity index (χ2n) is 7.52. The van der Waals surface area contributed by atoms with Crippen LogP contribution in [0.15, 0.2) is 69.8 Å². The molecule has 3 aromatic rings. The minimum absolute atomic E-state index is 0.0597. The van der Waals surface area contributed by atoms with Crippen molar-refractivity contribution in [2.24, 2.45) is 5.11 Å². The van der Waals surface area contributed by atoms with Crippen LogP contribution in [0.25, 0.3) is 10.4 Å². The van der Waals surface area contributed by atoms with E-state index in [1.54, 1.807) is 31.2 Å². The first-order valence-electron chi connectivity index (χ1n) is 10.4. The number of nitrogens with one attached hydrogen (secondary N) is 2. The van der Waals surface area contributed by atoms with Crippen LogP contribution in [0.4, 0.5) is 5.69 Å². The molecule has 1 aliphatic heterocycles. The third-order valence-electron chi connectivity index (χ3n) is 5.07. The first-order valence-corrected chi connectivity index (χ1v) is 12.0. The van der Waals surface area contributed by atoms with E-state index in [1.807, 2.05) is 0 Å². The molecule has 2 N–H and O–H groups in total. The molecule has 0 radical (unpaired) electrons. The Morgan fingerprint density at radius 3 is 2.83 bits per heavy atom. The lowest BCUT2D eigenvalue weighted by Crippen LogP contribution is -2.33. The summed E-state index contributed by atoms with van der Waals surface area (Å²) >= 11 is 0. The highest BCUT2D eigenvalue weighted by atomic mass is 31.2. The molecule has 0 aliphatic carbocycles. The molecule has 4 heterocycles. The quantitative estimate of drug-likeness (QED) is 0.193. The number of H-pyrrole nitrogens is 1. The summed E-state index contributed by atoms with van der Waals surface area (Å²) in [6.45, 7) is 1.24. The molecule has 0 spiro atoms. The van der Waals surface area contributed by atoms with E-state index in [9.17, 15) is 14.2 Å². The van der Waals surface area contributed by atoms with E-state index in [2.05, 4.69) is 30.1 Å². The Morgan fingerprint density at radius 1 is 1.31 bits per heavy atom. The van der Waals surface area contributed by atoms with Gasteiger partial charge in [-0.2, -0.15) is 0 Å². The molecule has 182 valence electrons. The second kappa shape index (κ2) is 10.5. The summed E-state index contributed by atoms with van der Waals surface area (Å²) in [6.07, 6.45) is 4.26. The van der Waals surface area contributed by atoms with Crippen molar-refractivity contribution in [1.29, 1.82) is 0 Å². The van der Waals surface area contributed by atoms with Crippen LogP contribution in [0.1, 0.15) is 18.2 Å². The molecular formula is C20H21N8O6P. The van der Waals surface area contributed by atoms with E-state index in [0.717, 1.165) is 0 Å². The fraction of sp³-hybridized carbons (Fsp3) is 0.300. The first kappa shape index (κ1) is 24.2. The maximum atomic E-state index is 13.6. The zero-order valence-electron chi connectivity index (χ0n) is 18.4. The zero-order valence-corrected chi connectivity index (χ0v) is 19.3. The van der Waals surface area contributed by atoms with Crippen molar-refractivity contribution < 1.29 is 18.3 Å². The van der Waals surface area contributed by atoms with Gasteiger partial charge in [0, 0.05) is 53.4 Å². The predicted molar refractivity (Wildman–Crippen MR) is 124 cm³/mol. The number of anilines is 1. The predicted octanol–water partition coefficient (Wildman–Crippen LogP) is 2.92. The molecule has 35 heavy (non-hydrogen) atoms. The van der Waals surface area contributed by atoms with E-state index in [0.29, 0.717) is 11.3 Å². The molecule has 1 fully saturated rings. The van der Waals surface area contributed by atoms with Crippen molar-refractivity contribution in [2.75, 3.05) is 11.7 Å². The Bertz CT molecular complexity index is 1330. The Morgan fingerprint density at radius 2 is 2.11 bits per heavy atom. The summed E-state index contributed by atoms with van der Waals surface area (Å²) in [5.74, 6) is 0.0597. The maximum Gasteiger partial charge on any atom is 0.487 e. The van der Waals surface area contributed by atoms with E-state index in [4.69, 9.17) is 19.3 Å². The molecule has 1 aliphatic rings. The van der Waals surface area contributed by atoms with Gasteiger partial charge in [0.2, 0.25) is 5.88 Å². The van der Waals surface area contributed by atoms with Gasteiger partial charge in [0.05, 0.1) is 18.8 Å². The van der Waals surface area contributed by atoms with Gasteiger partial charge in [-0.3, -0.25) is 28.9 Å². The number of nitrogens with zero attached hydrogens (tertiary/aromatic N) is 6. The van der Waals surface area contributed by atoms with Crippen LogP contribution in [0.2, 0.25) is 0 Å². The Kier molecular flexibility index (Phi) is 7.28. The molecule has 0 bridgehead atoms. The van der Waals surface area contributed by atoms with Crippen molar-refractivity contribution in [3.05, 3.63) is 92.0 Å². The van der Waals surface area contributed by atoms with Crippen molar-refractivity contribution >= 4 is 13.4 Å². The van der Waals surface area contributed by atoms with E-state index < -0.39 is 37.4 Å². The Labute approximate surface area is 198 Å².